The summed E-state index contributed by atoms with van der Waals surface area (Å²) in [7, 11) is 0. The SMILES string of the molecule is N#CC(C(=O)c1ccnc(-n2ccnc2)c1)c1nc2ccccc2s1. The highest BCUT2D eigenvalue weighted by atomic mass is 32.1. The number of fused-ring (bicyclic) bond motifs is 1. The lowest BCUT2D eigenvalue weighted by atomic mass is 10.0. The maximum Gasteiger partial charge on any atom is 0.187 e. The fourth-order valence-electron chi connectivity index (χ4n) is 2.51. The van der Waals surface area contributed by atoms with Gasteiger partial charge >= 0.3 is 0 Å². The third-order valence-electron chi connectivity index (χ3n) is 3.75. The van der Waals surface area contributed by atoms with E-state index in [0.717, 1.165) is 10.2 Å². The number of carbonyl (C=O) groups excluding carboxylic acids is 1. The van der Waals surface area contributed by atoms with Gasteiger partial charge in [-0.3, -0.25) is 9.36 Å². The smallest absolute Gasteiger partial charge is 0.187 e. The van der Waals surface area contributed by atoms with E-state index in [-0.39, 0.29) is 5.78 Å². The molecule has 0 bridgehead atoms. The number of Topliss-reactive ketones (excluding diaryl/α,β-unsaturated/α-hetero) is 1. The summed E-state index contributed by atoms with van der Waals surface area (Å²) in [6, 6.07) is 13.0. The number of nitriles is 1. The second-order valence-electron chi connectivity index (χ2n) is 5.32. The fraction of sp³-hybridized carbons (Fsp3) is 0.0556. The molecule has 0 saturated heterocycles. The molecular formula is C18H11N5OS. The van der Waals surface area contributed by atoms with Gasteiger partial charge in [0.1, 0.15) is 17.2 Å². The molecule has 0 spiro atoms. The van der Waals surface area contributed by atoms with Crippen LogP contribution in [-0.2, 0) is 0 Å². The van der Waals surface area contributed by atoms with Gasteiger partial charge in [0.25, 0.3) is 0 Å². The number of para-hydroxylation sites is 1. The summed E-state index contributed by atoms with van der Waals surface area (Å²) < 4.78 is 2.66. The average Bonchev–Trinajstić information content (AvgIpc) is 3.32. The molecule has 0 radical (unpaired) electrons. The molecule has 25 heavy (non-hydrogen) atoms. The molecule has 0 saturated carbocycles. The molecule has 0 amide bonds. The predicted molar refractivity (Wildman–Crippen MR) is 93.7 cm³/mol. The zero-order chi connectivity index (χ0) is 17.2. The van der Waals surface area contributed by atoms with E-state index in [9.17, 15) is 10.1 Å². The molecule has 1 atom stereocenters. The molecular weight excluding hydrogens is 334 g/mol. The molecule has 7 heteroatoms. The van der Waals surface area contributed by atoms with Gasteiger partial charge in [0.2, 0.25) is 0 Å². The highest BCUT2D eigenvalue weighted by Gasteiger charge is 2.25. The molecule has 6 nitrogen and oxygen atoms in total. The van der Waals surface area contributed by atoms with Crippen molar-refractivity contribution in [1.29, 1.82) is 5.26 Å². The third-order valence-corrected chi connectivity index (χ3v) is 4.85. The highest BCUT2D eigenvalue weighted by molar-refractivity contribution is 7.18. The number of hydrogen-bond acceptors (Lipinski definition) is 6. The lowest BCUT2D eigenvalue weighted by molar-refractivity contribution is 0.0978. The Hall–Kier alpha value is -3.37. The summed E-state index contributed by atoms with van der Waals surface area (Å²) in [6.45, 7) is 0. The van der Waals surface area contributed by atoms with Gasteiger partial charge in [0, 0.05) is 24.2 Å². The van der Waals surface area contributed by atoms with Gasteiger partial charge in [-0.15, -0.1) is 11.3 Å². The zero-order valence-corrected chi connectivity index (χ0v) is 13.7. The van der Waals surface area contributed by atoms with E-state index in [4.69, 9.17) is 0 Å². The Morgan fingerprint density at radius 3 is 2.88 bits per heavy atom. The third kappa shape index (κ3) is 2.79. The first-order valence-electron chi connectivity index (χ1n) is 7.50. The topological polar surface area (TPSA) is 84.5 Å². The van der Waals surface area contributed by atoms with Crippen LogP contribution in [0, 0.1) is 11.3 Å². The fourth-order valence-corrected chi connectivity index (χ4v) is 3.53. The standard InChI is InChI=1S/C18H11N5OS/c19-10-13(18-22-14-3-1-2-4-15(14)25-18)17(24)12-5-6-21-16(9-12)23-8-7-20-11-23/h1-9,11,13H. The number of nitrogens with zero attached hydrogens (tertiary/aromatic N) is 5. The molecule has 3 heterocycles. The minimum atomic E-state index is -0.935. The number of rotatable bonds is 4. The van der Waals surface area contributed by atoms with Gasteiger partial charge < -0.3 is 0 Å². The number of aromatic nitrogens is 4. The normalized spacial score (nSPS) is 12.0. The van der Waals surface area contributed by atoms with E-state index in [1.165, 1.54) is 11.3 Å². The molecule has 1 unspecified atom stereocenters. The van der Waals surface area contributed by atoms with Gasteiger partial charge in [0.15, 0.2) is 11.7 Å². The first-order chi connectivity index (χ1) is 12.3. The van der Waals surface area contributed by atoms with Crippen LogP contribution in [-0.4, -0.2) is 25.3 Å². The quantitative estimate of drug-likeness (QED) is 0.529. The number of pyridine rings is 1. The number of hydrogen-bond donors (Lipinski definition) is 0. The van der Waals surface area contributed by atoms with Crippen LogP contribution in [0.2, 0.25) is 0 Å². The monoisotopic (exact) mass is 345 g/mol. The Bertz CT molecular complexity index is 1060. The summed E-state index contributed by atoms with van der Waals surface area (Å²) >= 11 is 1.37. The molecule has 0 aliphatic rings. The van der Waals surface area contributed by atoms with Crippen LogP contribution in [0.5, 0.6) is 0 Å². The maximum absolute atomic E-state index is 12.9. The van der Waals surface area contributed by atoms with E-state index in [2.05, 4.69) is 21.0 Å². The first-order valence-corrected chi connectivity index (χ1v) is 8.31. The second kappa shape index (κ2) is 6.26. The summed E-state index contributed by atoms with van der Waals surface area (Å²) in [4.78, 5) is 25.5. The van der Waals surface area contributed by atoms with Crippen molar-refractivity contribution in [3.8, 4) is 11.9 Å². The van der Waals surface area contributed by atoms with Gasteiger partial charge in [0.05, 0.1) is 16.3 Å². The highest BCUT2D eigenvalue weighted by Crippen LogP contribution is 2.29. The Morgan fingerprint density at radius 1 is 1.24 bits per heavy atom. The predicted octanol–water partition coefficient (Wildman–Crippen LogP) is 3.37. The lowest BCUT2D eigenvalue weighted by Gasteiger charge is -2.07. The first kappa shape index (κ1) is 15.2. The molecule has 120 valence electrons. The Kier molecular flexibility index (Phi) is 3.80. The second-order valence-corrected chi connectivity index (χ2v) is 6.38. The van der Waals surface area contributed by atoms with Crippen molar-refractivity contribution in [1.82, 2.24) is 19.5 Å². The van der Waals surface area contributed by atoms with Crippen molar-refractivity contribution >= 4 is 27.3 Å². The minimum Gasteiger partial charge on any atom is -0.292 e. The van der Waals surface area contributed by atoms with Crippen molar-refractivity contribution in [2.75, 3.05) is 0 Å². The molecule has 3 aromatic heterocycles. The summed E-state index contributed by atoms with van der Waals surface area (Å²) in [5.74, 6) is -0.648. The van der Waals surface area contributed by atoms with Gasteiger partial charge in [-0.25, -0.2) is 15.0 Å². The Labute approximate surface area is 147 Å². The molecule has 0 N–H and O–H groups in total. The van der Waals surface area contributed by atoms with Crippen LogP contribution >= 0.6 is 11.3 Å². The molecule has 4 aromatic rings. The Balaban J connectivity index is 1.71. The molecule has 0 aliphatic heterocycles. The minimum absolute atomic E-state index is 0.287. The summed E-state index contributed by atoms with van der Waals surface area (Å²) in [6.07, 6.45) is 6.53. The molecule has 0 aliphatic carbocycles. The Morgan fingerprint density at radius 2 is 2.12 bits per heavy atom. The van der Waals surface area contributed by atoms with Crippen molar-refractivity contribution in [3.63, 3.8) is 0 Å². The average molecular weight is 345 g/mol. The number of carbonyl (C=O) groups is 1. The van der Waals surface area contributed by atoms with E-state index in [1.807, 2.05) is 24.3 Å². The summed E-state index contributed by atoms with van der Waals surface area (Å²) in [5, 5.41) is 10.1. The van der Waals surface area contributed by atoms with Crippen LogP contribution < -0.4 is 0 Å². The number of thiazole rings is 1. The van der Waals surface area contributed by atoms with Crippen LogP contribution in [0.1, 0.15) is 21.3 Å². The zero-order valence-electron chi connectivity index (χ0n) is 12.9. The van der Waals surface area contributed by atoms with E-state index in [0.29, 0.717) is 16.4 Å². The number of imidazole rings is 1. The van der Waals surface area contributed by atoms with Crippen LogP contribution in [0.25, 0.3) is 16.0 Å². The van der Waals surface area contributed by atoms with Gasteiger partial charge in [-0.05, 0) is 24.3 Å². The van der Waals surface area contributed by atoms with E-state index in [1.54, 1.807) is 41.6 Å². The number of benzene rings is 1. The van der Waals surface area contributed by atoms with E-state index >= 15 is 0 Å². The largest absolute Gasteiger partial charge is 0.292 e. The maximum atomic E-state index is 12.9. The van der Waals surface area contributed by atoms with Crippen molar-refractivity contribution < 1.29 is 4.79 Å². The van der Waals surface area contributed by atoms with Crippen LogP contribution in [0.3, 0.4) is 0 Å². The van der Waals surface area contributed by atoms with Gasteiger partial charge in [-0.2, -0.15) is 5.26 Å². The van der Waals surface area contributed by atoms with Crippen molar-refractivity contribution in [2.24, 2.45) is 0 Å². The van der Waals surface area contributed by atoms with Crippen LogP contribution in [0.4, 0.5) is 0 Å². The van der Waals surface area contributed by atoms with Crippen molar-refractivity contribution in [2.45, 2.75) is 5.92 Å². The number of ketones is 1. The molecule has 0 fully saturated rings. The summed E-state index contributed by atoms with van der Waals surface area (Å²) in [5.41, 5.74) is 1.22. The van der Waals surface area contributed by atoms with Crippen molar-refractivity contribution in [3.05, 3.63) is 71.9 Å². The molecule has 1 aromatic carbocycles. The van der Waals surface area contributed by atoms with E-state index < -0.39 is 5.92 Å². The lowest BCUT2D eigenvalue weighted by Crippen LogP contribution is -2.12. The van der Waals surface area contributed by atoms with Crippen LogP contribution in [0.15, 0.2) is 61.3 Å². The molecule has 4 rings (SSSR count). The van der Waals surface area contributed by atoms with Gasteiger partial charge in [-0.1, -0.05) is 12.1 Å².